The summed E-state index contributed by atoms with van der Waals surface area (Å²) in [4.78, 5) is 37.6. The van der Waals surface area contributed by atoms with Crippen molar-refractivity contribution < 1.29 is 42.9 Å². The highest BCUT2D eigenvalue weighted by Crippen LogP contribution is 2.20. The number of nitrogens with zero attached hydrogens (tertiary/aromatic N) is 1. The minimum absolute atomic E-state index is 0.150. The second-order valence-electron chi connectivity index (χ2n) is 29.0. The van der Waals surface area contributed by atoms with Gasteiger partial charge in [-0.05, 0) is 51.4 Å². The Morgan fingerprint density at radius 1 is 0.333 bits per heavy atom. The molecule has 0 saturated carbocycles. The van der Waals surface area contributed by atoms with Crippen LogP contribution in [-0.2, 0) is 33.3 Å². The molecular formula is C84H157NO8. The van der Waals surface area contributed by atoms with Gasteiger partial charge in [0.15, 0.2) is 12.4 Å². The lowest BCUT2D eigenvalue weighted by Crippen LogP contribution is -2.44. The third-order valence-corrected chi connectivity index (χ3v) is 18.6. The summed E-state index contributed by atoms with van der Waals surface area (Å²) in [5, 5.41) is 11.9. The van der Waals surface area contributed by atoms with E-state index in [1.165, 1.54) is 321 Å². The lowest BCUT2D eigenvalue weighted by Gasteiger charge is -2.26. The predicted octanol–water partition coefficient (Wildman–Crippen LogP) is 24.7. The van der Waals surface area contributed by atoms with Crippen molar-refractivity contribution in [1.29, 1.82) is 0 Å². The molecule has 2 atom stereocenters. The molecule has 0 saturated heterocycles. The number of carboxylic acid groups (broad SMARTS) is 1. The summed E-state index contributed by atoms with van der Waals surface area (Å²) >= 11 is 0. The molecule has 9 nitrogen and oxygen atoms in total. The molecule has 0 amide bonds. The zero-order valence-electron chi connectivity index (χ0n) is 62.7. The molecule has 2 unspecified atom stereocenters. The van der Waals surface area contributed by atoms with Gasteiger partial charge in [-0.15, -0.1) is 0 Å². The van der Waals surface area contributed by atoms with Gasteiger partial charge in [-0.3, -0.25) is 9.59 Å². The Bertz CT molecular complexity index is 1670. The molecule has 0 N–H and O–H groups in total. The molecule has 0 heterocycles. The Labute approximate surface area is 578 Å². The second-order valence-corrected chi connectivity index (χ2v) is 29.0. The highest BCUT2D eigenvalue weighted by Gasteiger charge is 2.22. The van der Waals surface area contributed by atoms with Crippen LogP contribution in [0.5, 0.6) is 0 Å². The van der Waals surface area contributed by atoms with Crippen molar-refractivity contribution in [3.63, 3.8) is 0 Å². The van der Waals surface area contributed by atoms with Gasteiger partial charge in [-0.2, -0.15) is 0 Å². The van der Waals surface area contributed by atoms with E-state index in [1.807, 2.05) is 21.1 Å². The third kappa shape index (κ3) is 76.5. The lowest BCUT2D eigenvalue weighted by molar-refractivity contribution is -0.870. The number of carboxylic acids is 1. The molecule has 0 aliphatic heterocycles. The van der Waals surface area contributed by atoms with Crippen LogP contribution < -0.4 is 5.11 Å². The molecular weight excluding hydrogens is 1150 g/mol. The SMILES string of the molecule is CC/C=C\C/C=C\C/C=C\C/C=C\CCCCCCCCCCCCCCCCCCCCC(=O)OC(COC(=O)CCCCCCCCCCCCCCCCCCCCCCCCCCCCCCCCCCCCCCC)COC(OCC[N+](C)(C)C)C(=O)[O-]. The lowest BCUT2D eigenvalue weighted by atomic mass is 10.0. The fraction of sp³-hybridized carbons (Fsp3) is 0.869. The maximum Gasteiger partial charge on any atom is 0.306 e. The standard InChI is InChI=1S/C84H157NO8/c1-6-8-10-12-14-16-18-20-22-24-26-28-30-32-34-36-38-39-40-41-42-43-45-46-48-50-52-54-56-58-60-62-64-66-68-70-72-74-81(86)91-78-80(79-92-84(83(88)89)90-77-76-85(3,4)5)93-82(87)75-73-71-69-67-65-63-61-59-57-55-53-51-49-47-44-37-35-33-31-29-27-25-23-21-19-17-15-13-11-9-7-2/h9,11,15,17,21,23,27,29,80,84H,6-8,10,12-14,16,18-20,22,24-26,28,30-79H2,1-5H3/b11-9-,17-15-,23-21-,29-27-. The molecule has 9 heteroatoms. The van der Waals surface area contributed by atoms with Gasteiger partial charge >= 0.3 is 11.9 Å². The van der Waals surface area contributed by atoms with Gasteiger partial charge in [0, 0.05) is 12.8 Å². The van der Waals surface area contributed by atoms with Gasteiger partial charge in [0.1, 0.15) is 13.2 Å². The Hall–Kier alpha value is -2.75. The minimum atomic E-state index is -1.62. The molecule has 0 aromatic rings. The quantitative estimate of drug-likeness (QED) is 0.0195. The number of hydrogen-bond donors (Lipinski definition) is 0. The van der Waals surface area contributed by atoms with Gasteiger partial charge in [-0.1, -0.05) is 396 Å². The van der Waals surface area contributed by atoms with Gasteiger partial charge < -0.3 is 33.3 Å². The summed E-state index contributed by atoms with van der Waals surface area (Å²) < 4.78 is 22.9. The van der Waals surface area contributed by atoms with E-state index in [1.54, 1.807) is 0 Å². The first-order valence-electron chi connectivity index (χ1n) is 40.8. The number of aliphatic carboxylic acids is 1. The number of carbonyl (C=O) groups excluding carboxylic acids is 3. The number of rotatable bonds is 77. The highest BCUT2D eigenvalue weighted by atomic mass is 16.7. The predicted molar refractivity (Wildman–Crippen MR) is 399 cm³/mol. The van der Waals surface area contributed by atoms with Crippen molar-refractivity contribution in [2.75, 3.05) is 47.5 Å². The van der Waals surface area contributed by atoms with E-state index in [4.69, 9.17) is 18.9 Å². The van der Waals surface area contributed by atoms with Gasteiger partial charge in [0.25, 0.3) is 0 Å². The summed E-state index contributed by atoms with van der Waals surface area (Å²) in [5.74, 6) is -2.25. The van der Waals surface area contributed by atoms with Gasteiger partial charge in [0.2, 0.25) is 0 Å². The number of allylic oxidation sites excluding steroid dienone is 8. The van der Waals surface area contributed by atoms with Crippen molar-refractivity contribution in [1.82, 2.24) is 0 Å². The van der Waals surface area contributed by atoms with Crippen LogP contribution in [0.4, 0.5) is 0 Å². The van der Waals surface area contributed by atoms with Crippen LogP contribution in [0.15, 0.2) is 48.6 Å². The number of ether oxygens (including phenoxy) is 4. The van der Waals surface area contributed by atoms with E-state index in [0.29, 0.717) is 23.9 Å². The van der Waals surface area contributed by atoms with Crippen LogP contribution in [0.2, 0.25) is 0 Å². The number of likely N-dealkylation sites (N-methyl/N-ethyl adjacent to an activating group) is 1. The van der Waals surface area contributed by atoms with Crippen LogP contribution in [0.1, 0.15) is 412 Å². The summed E-state index contributed by atoms with van der Waals surface area (Å²) in [6, 6.07) is 0. The number of quaternary nitrogens is 1. The maximum atomic E-state index is 13.0. The highest BCUT2D eigenvalue weighted by molar-refractivity contribution is 5.70. The molecule has 546 valence electrons. The molecule has 0 bridgehead atoms. The molecule has 0 aromatic carbocycles. The van der Waals surface area contributed by atoms with Gasteiger partial charge in [0.05, 0.1) is 40.3 Å². The molecule has 0 aliphatic carbocycles. The fourth-order valence-electron chi connectivity index (χ4n) is 12.4. The number of hydrogen-bond acceptors (Lipinski definition) is 8. The fourth-order valence-corrected chi connectivity index (χ4v) is 12.4. The van der Waals surface area contributed by atoms with Crippen LogP contribution in [-0.4, -0.2) is 82.3 Å². The van der Waals surface area contributed by atoms with Crippen LogP contribution >= 0.6 is 0 Å². The Kier molecular flexibility index (Phi) is 72.8. The zero-order valence-corrected chi connectivity index (χ0v) is 62.7. The number of esters is 2. The van der Waals surface area contributed by atoms with Crippen molar-refractivity contribution in [3.05, 3.63) is 48.6 Å². The number of unbranched alkanes of at least 4 members (excludes halogenated alkanes) is 54. The topological polar surface area (TPSA) is 111 Å². The van der Waals surface area contributed by atoms with Crippen LogP contribution in [0.3, 0.4) is 0 Å². The average molecular weight is 1310 g/mol. The van der Waals surface area contributed by atoms with Crippen LogP contribution in [0, 0.1) is 0 Å². The molecule has 0 radical (unpaired) electrons. The summed E-state index contributed by atoms with van der Waals surface area (Å²) in [5.41, 5.74) is 0. The third-order valence-electron chi connectivity index (χ3n) is 18.6. The molecule has 0 spiro atoms. The van der Waals surface area contributed by atoms with Crippen LogP contribution in [0.25, 0.3) is 0 Å². The van der Waals surface area contributed by atoms with Crippen molar-refractivity contribution in [3.8, 4) is 0 Å². The van der Waals surface area contributed by atoms with Crippen molar-refractivity contribution in [2.24, 2.45) is 0 Å². The summed E-state index contributed by atoms with van der Waals surface area (Å²) in [7, 11) is 5.95. The first-order chi connectivity index (χ1) is 45.6. The normalized spacial score (nSPS) is 12.8. The minimum Gasteiger partial charge on any atom is -0.545 e. The summed E-state index contributed by atoms with van der Waals surface area (Å²) in [6.45, 7) is 4.72. The van der Waals surface area contributed by atoms with E-state index >= 15 is 0 Å². The molecule has 0 aliphatic rings. The van der Waals surface area contributed by atoms with E-state index in [9.17, 15) is 19.5 Å². The molecule has 0 fully saturated rings. The monoisotopic (exact) mass is 1310 g/mol. The van der Waals surface area contributed by atoms with E-state index < -0.39 is 24.3 Å². The summed E-state index contributed by atoms with van der Waals surface area (Å²) in [6.07, 6.45) is 95.4. The van der Waals surface area contributed by atoms with E-state index in [0.717, 1.165) is 57.8 Å². The smallest absolute Gasteiger partial charge is 0.306 e. The van der Waals surface area contributed by atoms with Gasteiger partial charge in [-0.25, -0.2) is 0 Å². The zero-order chi connectivity index (χ0) is 67.5. The van der Waals surface area contributed by atoms with E-state index in [2.05, 4.69) is 62.5 Å². The average Bonchev–Trinajstić information content (AvgIpc) is 3.38. The largest absolute Gasteiger partial charge is 0.545 e. The first-order valence-corrected chi connectivity index (χ1v) is 40.8. The number of carbonyl (C=O) groups is 3. The maximum absolute atomic E-state index is 13.0. The Morgan fingerprint density at radius 3 is 0.914 bits per heavy atom. The van der Waals surface area contributed by atoms with Crippen molar-refractivity contribution >= 4 is 17.9 Å². The van der Waals surface area contributed by atoms with Crippen molar-refractivity contribution in [2.45, 2.75) is 424 Å². The first kappa shape index (κ1) is 90.2. The molecule has 0 rings (SSSR count). The Morgan fingerprint density at radius 2 is 0.613 bits per heavy atom. The second kappa shape index (κ2) is 75.0. The van der Waals surface area contributed by atoms with E-state index in [-0.39, 0.29) is 32.2 Å². The molecule has 93 heavy (non-hydrogen) atoms. The molecule has 0 aromatic heterocycles. The Balaban J connectivity index is 3.95.